The van der Waals surface area contributed by atoms with E-state index in [2.05, 4.69) is 0 Å². The van der Waals surface area contributed by atoms with Crippen LogP contribution in [-0.4, -0.2) is 17.4 Å². The average Bonchev–Trinajstić information content (AvgIpc) is 1.61. The Bertz CT molecular complexity index is 147. The molecule has 1 unspecified atom stereocenters. The van der Waals surface area contributed by atoms with E-state index in [4.69, 9.17) is 5.73 Å². The molecule has 1 rings (SSSR count). The Kier molecular flexibility index (Phi) is 1.14. The molecule has 0 aromatic rings. The average molecular weight is 157 g/mol. The van der Waals surface area contributed by atoms with Gasteiger partial charge in [0.25, 0.3) is 0 Å². The fourth-order valence-electron chi connectivity index (χ4n) is 0.994. The molecule has 5 heteroatoms. The molecule has 0 aromatic heterocycles. The Morgan fingerprint density at radius 3 is 1.60 bits per heavy atom. The van der Waals surface area contributed by atoms with Gasteiger partial charge in [0.05, 0.1) is 5.54 Å². The van der Waals surface area contributed by atoms with E-state index in [1.165, 1.54) is 0 Å². The summed E-state index contributed by atoms with van der Waals surface area (Å²) >= 11 is 0. The first-order valence-corrected chi connectivity index (χ1v) is 2.75. The Morgan fingerprint density at radius 2 is 1.60 bits per heavy atom. The molecular weight excluding hydrogens is 150 g/mol. The largest absolute Gasteiger partial charge is 0.327 e. The third-order valence-electron chi connectivity index (χ3n) is 1.77. The zero-order valence-corrected chi connectivity index (χ0v) is 5.30. The molecule has 1 saturated carbocycles. The predicted molar refractivity (Wildman–Crippen MR) is 27.1 cm³/mol. The Hall–Kier alpha value is -0.320. The number of hydrogen-bond donors (Lipinski definition) is 1. The molecule has 1 nitrogen and oxygen atoms in total. The summed E-state index contributed by atoms with van der Waals surface area (Å²) in [6, 6.07) is 0. The first kappa shape index (κ1) is 7.78. The van der Waals surface area contributed by atoms with Crippen LogP contribution in [0.2, 0.25) is 0 Å². The van der Waals surface area contributed by atoms with Crippen molar-refractivity contribution in [1.82, 2.24) is 0 Å². The van der Waals surface area contributed by atoms with E-state index in [0.29, 0.717) is 0 Å². The van der Waals surface area contributed by atoms with Crippen molar-refractivity contribution in [1.29, 1.82) is 0 Å². The molecule has 0 spiro atoms. The summed E-state index contributed by atoms with van der Waals surface area (Å²) in [7, 11) is 0. The highest BCUT2D eigenvalue weighted by Gasteiger charge is 2.76. The Balaban J connectivity index is 2.85. The summed E-state index contributed by atoms with van der Waals surface area (Å²) in [5.74, 6) is -7.95. The number of nitrogens with two attached hydrogens (primary N) is 1. The highest BCUT2D eigenvalue weighted by atomic mass is 19.3. The molecular formula is C5H7F4N. The minimum atomic E-state index is -4.04. The van der Waals surface area contributed by atoms with Gasteiger partial charge in [0, 0.05) is 6.42 Å². The Morgan fingerprint density at radius 1 is 1.20 bits per heavy atom. The smallest absolute Gasteiger partial charge is 0.320 e. The van der Waals surface area contributed by atoms with Crippen molar-refractivity contribution in [3.8, 4) is 0 Å². The molecule has 0 aromatic carbocycles. The number of rotatable bonds is 0. The minimum absolute atomic E-state index is 0.921. The van der Waals surface area contributed by atoms with E-state index >= 15 is 0 Å². The van der Waals surface area contributed by atoms with Gasteiger partial charge in [0.15, 0.2) is 0 Å². The Labute approximate surface area is 55.2 Å². The molecule has 1 aliphatic rings. The zero-order chi connectivity index (χ0) is 8.21. The highest BCUT2D eigenvalue weighted by molar-refractivity contribution is 5.15. The molecule has 60 valence electrons. The minimum Gasteiger partial charge on any atom is -0.320 e. The third-order valence-corrected chi connectivity index (χ3v) is 1.77. The van der Waals surface area contributed by atoms with Crippen molar-refractivity contribution in [2.24, 2.45) is 5.73 Å². The normalized spacial score (nSPS) is 42.6. The molecule has 0 bridgehead atoms. The third kappa shape index (κ3) is 0.611. The van der Waals surface area contributed by atoms with Crippen LogP contribution in [0, 0.1) is 0 Å². The summed E-state index contributed by atoms with van der Waals surface area (Å²) in [5, 5.41) is 0. The van der Waals surface area contributed by atoms with Crippen LogP contribution in [-0.2, 0) is 0 Å². The molecule has 0 saturated heterocycles. The van der Waals surface area contributed by atoms with Crippen molar-refractivity contribution >= 4 is 0 Å². The van der Waals surface area contributed by atoms with Gasteiger partial charge in [-0.25, -0.2) is 0 Å². The quantitative estimate of drug-likeness (QED) is 0.528. The van der Waals surface area contributed by atoms with Gasteiger partial charge < -0.3 is 5.73 Å². The van der Waals surface area contributed by atoms with E-state index in [0.717, 1.165) is 6.92 Å². The SMILES string of the molecule is CC1(N)CC(F)(F)C1(F)F. The van der Waals surface area contributed by atoms with Gasteiger partial charge in [0.2, 0.25) is 0 Å². The second-order valence-corrected chi connectivity index (χ2v) is 2.87. The van der Waals surface area contributed by atoms with Crippen LogP contribution in [0.25, 0.3) is 0 Å². The maximum Gasteiger partial charge on any atom is 0.327 e. The summed E-state index contributed by atoms with van der Waals surface area (Å²) < 4.78 is 48.4. The van der Waals surface area contributed by atoms with Gasteiger partial charge in [0.1, 0.15) is 0 Å². The number of alkyl halides is 4. The lowest BCUT2D eigenvalue weighted by atomic mass is 9.71. The fourth-order valence-corrected chi connectivity index (χ4v) is 0.994. The zero-order valence-electron chi connectivity index (χ0n) is 5.30. The highest BCUT2D eigenvalue weighted by Crippen LogP contribution is 2.56. The number of hydrogen-bond acceptors (Lipinski definition) is 1. The van der Waals surface area contributed by atoms with Crippen molar-refractivity contribution in [3.05, 3.63) is 0 Å². The van der Waals surface area contributed by atoms with E-state index < -0.39 is 23.8 Å². The van der Waals surface area contributed by atoms with Gasteiger partial charge >= 0.3 is 11.8 Å². The van der Waals surface area contributed by atoms with E-state index in [1.807, 2.05) is 0 Å². The first-order valence-electron chi connectivity index (χ1n) is 2.75. The van der Waals surface area contributed by atoms with E-state index in [9.17, 15) is 17.6 Å². The first-order chi connectivity index (χ1) is 4.21. The monoisotopic (exact) mass is 157 g/mol. The summed E-state index contributed by atoms with van der Waals surface area (Å²) in [5.41, 5.74) is 2.81. The summed E-state index contributed by atoms with van der Waals surface area (Å²) in [6.45, 7) is 0.921. The van der Waals surface area contributed by atoms with Crippen LogP contribution in [0.4, 0.5) is 17.6 Å². The van der Waals surface area contributed by atoms with Gasteiger partial charge in [-0.3, -0.25) is 0 Å². The molecule has 1 atom stereocenters. The van der Waals surface area contributed by atoms with E-state index in [1.54, 1.807) is 0 Å². The van der Waals surface area contributed by atoms with Crippen LogP contribution in [0.15, 0.2) is 0 Å². The summed E-state index contributed by atoms with van der Waals surface area (Å²) in [6.07, 6.45) is -0.938. The van der Waals surface area contributed by atoms with Crippen LogP contribution in [0.3, 0.4) is 0 Å². The fraction of sp³-hybridized carbons (Fsp3) is 1.00. The molecule has 1 aliphatic carbocycles. The van der Waals surface area contributed by atoms with Crippen LogP contribution < -0.4 is 5.73 Å². The number of halogens is 4. The molecule has 2 N–H and O–H groups in total. The second-order valence-electron chi connectivity index (χ2n) is 2.87. The molecule has 1 fully saturated rings. The van der Waals surface area contributed by atoms with Gasteiger partial charge in [-0.05, 0) is 6.92 Å². The molecule has 0 heterocycles. The van der Waals surface area contributed by atoms with Crippen molar-refractivity contribution in [3.63, 3.8) is 0 Å². The van der Waals surface area contributed by atoms with Crippen LogP contribution in [0.1, 0.15) is 13.3 Å². The summed E-state index contributed by atoms with van der Waals surface area (Å²) in [4.78, 5) is 0. The lowest BCUT2D eigenvalue weighted by molar-refractivity contribution is -0.317. The van der Waals surface area contributed by atoms with E-state index in [-0.39, 0.29) is 0 Å². The predicted octanol–water partition coefficient (Wildman–Crippen LogP) is 1.38. The molecule has 0 aliphatic heterocycles. The van der Waals surface area contributed by atoms with Gasteiger partial charge in [-0.1, -0.05) is 0 Å². The maximum atomic E-state index is 12.2. The molecule has 0 amide bonds. The van der Waals surface area contributed by atoms with Crippen LogP contribution in [0.5, 0.6) is 0 Å². The van der Waals surface area contributed by atoms with Crippen molar-refractivity contribution in [2.45, 2.75) is 30.7 Å². The van der Waals surface area contributed by atoms with Gasteiger partial charge in [-0.2, -0.15) is 17.6 Å². The van der Waals surface area contributed by atoms with Gasteiger partial charge in [-0.15, -0.1) is 0 Å². The topological polar surface area (TPSA) is 26.0 Å². The standard InChI is InChI=1S/C5H7F4N/c1-3(10)2-4(6,7)5(3,8)9/h2,10H2,1H3. The van der Waals surface area contributed by atoms with Crippen molar-refractivity contribution in [2.75, 3.05) is 0 Å². The molecule has 0 radical (unpaired) electrons. The second kappa shape index (κ2) is 1.47. The lowest BCUT2D eigenvalue weighted by Crippen LogP contribution is -2.74. The maximum absolute atomic E-state index is 12.2. The van der Waals surface area contributed by atoms with Crippen molar-refractivity contribution < 1.29 is 17.6 Å². The lowest BCUT2D eigenvalue weighted by Gasteiger charge is -2.49. The molecule has 10 heavy (non-hydrogen) atoms. The van der Waals surface area contributed by atoms with Crippen LogP contribution >= 0.6 is 0 Å².